The lowest BCUT2D eigenvalue weighted by atomic mass is 9.93. The van der Waals surface area contributed by atoms with Crippen LogP contribution < -0.4 is 10.5 Å². The van der Waals surface area contributed by atoms with E-state index in [1.807, 2.05) is 30.3 Å². The highest BCUT2D eigenvalue weighted by Gasteiger charge is 2.37. The molecule has 0 aliphatic carbocycles. The van der Waals surface area contributed by atoms with E-state index in [4.69, 9.17) is 15.2 Å². The summed E-state index contributed by atoms with van der Waals surface area (Å²) in [6.07, 6.45) is 0. The highest BCUT2D eigenvalue weighted by atomic mass is 16.6. The second-order valence-electron chi connectivity index (χ2n) is 7.22. The zero-order valence-corrected chi connectivity index (χ0v) is 15.7. The fraction of sp³-hybridized carbons (Fsp3) is 0.333. The fourth-order valence-corrected chi connectivity index (χ4v) is 2.49. The third kappa shape index (κ3) is 6.11. The molecule has 0 saturated heterocycles. The molecule has 3 N–H and O–H groups in total. The van der Waals surface area contributed by atoms with Crippen LogP contribution in [-0.4, -0.2) is 22.6 Å². The van der Waals surface area contributed by atoms with Crippen molar-refractivity contribution in [1.29, 1.82) is 0 Å². The molecule has 27 heavy (non-hydrogen) atoms. The van der Waals surface area contributed by atoms with Crippen LogP contribution >= 0.6 is 0 Å². The summed E-state index contributed by atoms with van der Waals surface area (Å²) in [6.45, 7) is 5.44. The van der Waals surface area contributed by atoms with Gasteiger partial charge in [-0.15, -0.1) is 0 Å². The summed E-state index contributed by atoms with van der Waals surface area (Å²) in [5, 5.41) is 9.43. The van der Waals surface area contributed by atoms with Crippen molar-refractivity contribution in [3.63, 3.8) is 0 Å². The van der Waals surface area contributed by atoms with Gasteiger partial charge in [-0.1, -0.05) is 42.5 Å². The number of rotatable bonds is 7. The maximum absolute atomic E-state index is 12.2. The Morgan fingerprint density at radius 3 is 2.15 bits per heavy atom. The van der Waals surface area contributed by atoms with Gasteiger partial charge in [-0.05, 0) is 44.0 Å². The maximum Gasteiger partial charge on any atom is 0.322 e. The van der Waals surface area contributed by atoms with Crippen molar-refractivity contribution in [2.45, 2.75) is 39.0 Å². The molecule has 2 atom stereocenters. The standard InChI is InChI=1S/C21H25NO5/c1-21(2,3)27-20(25)17(19(23)24)18(22)15-9-11-16(12-10-15)26-13-14-7-5-4-6-8-14/h4-12,17-18H,13,22H2,1-3H3,(H,23,24)/t17-,18?/m0/s1. The van der Waals surface area contributed by atoms with E-state index in [0.717, 1.165) is 5.56 Å². The highest BCUT2D eigenvalue weighted by molar-refractivity contribution is 5.95. The Morgan fingerprint density at radius 1 is 1.04 bits per heavy atom. The number of aliphatic carboxylic acids is 1. The smallest absolute Gasteiger partial charge is 0.322 e. The van der Waals surface area contributed by atoms with Crippen LogP contribution in [0, 0.1) is 5.92 Å². The lowest BCUT2D eigenvalue weighted by Gasteiger charge is -2.25. The first kappa shape index (κ1) is 20.5. The van der Waals surface area contributed by atoms with Crippen LogP contribution in [0.1, 0.15) is 37.9 Å². The monoisotopic (exact) mass is 371 g/mol. The number of ether oxygens (including phenoxy) is 2. The van der Waals surface area contributed by atoms with Crippen molar-refractivity contribution in [3.05, 3.63) is 65.7 Å². The Balaban J connectivity index is 2.07. The summed E-state index contributed by atoms with van der Waals surface area (Å²) in [5.74, 6) is -3.03. The van der Waals surface area contributed by atoms with E-state index in [0.29, 0.717) is 17.9 Å². The van der Waals surface area contributed by atoms with Gasteiger partial charge in [0.05, 0.1) is 6.04 Å². The molecule has 0 aliphatic rings. The van der Waals surface area contributed by atoms with Crippen LogP contribution in [-0.2, 0) is 20.9 Å². The van der Waals surface area contributed by atoms with Crippen molar-refractivity contribution < 1.29 is 24.2 Å². The number of nitrogens with two attached hydrogens (primary N) is 1. The zero-order valence-electron chi connectivity index (χ0n) is 15.7. The van der Waals surface area contributed by atoms with Crippen LogP contribution in [0.4, 0.5) is 0 Å². The molecule has 6 heteroatoms. The molecule has 0 saturated carbocycles. The summed E-state index contributed by atoms with van der Waals surface area (Å²) in [4.78, 5) is 23.8. The molecule has 2 rings (SSSR count). The molecule has 0 aromatic heterocycles. The zero-order chi connectivity index (χ0) is 20.0. The first-order valence-electron chi connectivity index (χ1n) is 8.65. The minimum absolute atomic E-state index is 0.419. The van der Waals surface area contributed by atoms with E-state index in [1.54, 1.807) is 45.0 Å². The van der Waals surface area contributed by atoms with Crippen LogP contribution in [0.2, 0.25) is 0 Å². The van der Waals surface area contributed by atoms with Gasteiger partial charge in [-0.2, -0.15) is 0 Å². The predicted octanol–water partition coefficient (Wildman–Crippen LogP) is 3.31. The molecule has 1 unspecified atom stereocenters. The number of carbonyl (C=O) groups is 2. The second kappa shape index (κ2) is 8.68. The van der Waals surface area contributed by atoms with E-state index in [-0.39, 0.29) is 0 Å². The van der Waals surface area contributed by atoms with E-state index in [2.05, 4.69) is 0 Å². The third-order valence-electron chi connectivity index (χ3n) is 3.80. The lowest BCUT2D eigenvalue weighted by Crippen LogP contribution is -2.39. The lowest BCUT2D eigenvalue weighted by molar-refractivity contribution is -0.167. The number of hydrogen-bond donors (Lipinski definition) is 2. The van der Waals surface area contributed by atoms with Gasteiger partial charge in [0.25, 0.3) is 0 Å². The first-order valence-corrected chi connectivity index (χ1v) is 8.65. The SMILES string of the molecule is CC(C)(C)OC(=O)[C@H](C(=O)O)C(N)c1ccc(OCc2ccccc2)cc1. The molecular formula is C21H25NO5. The van der Waals surface area contributed by atoms with Crippen molar-refractivity contribution >= 4 is 11.9 Å². The average Bonchev–Trinajstić information content (AvgIpc) is 2.59. The molecule has 6 nitrogen and oxygen atoms in total. The minimum Gasteiger partial charge on any atom is -0.489 e. The average molecular weight is 371 g/mol. The number of hydrogen-bond acceptors (Lipinski definition) is 5. The third-order valence-corrected chi connectivity index (χ3v) is 3.80. The van der Waals surface area contributed by atoms with Crippen LogP contribution in [0.15, 0.2) is 54.6 Å². The van der Waals surface area contributed by atoms with Crippen LogP contribution in [0.3, 0.4) is 0 Å². The van der Waals surface area contributed by atoms with Crippen molar-refractivity contribution in [2.75, 3.05) is 0 Å². The van der Waals surface area contributed by atoms with Crippen LogP contribution in [0.25, 0.3) is 0 Å². The largest absolute Gasteiger partial charge is 0.489 e. The number of carboxylic acid groups (broad SMARTS) is 1. The normalized spacial score (nSPS) is 13.5. The summed E-state index contributed by atoms with van der Waals surface area (Å²) >= 11 is 0. The number of benzene rings is 2. The van der Waals surface area contributed by atoms with Gasteiger partial charge in [-0.3, -0.25) is 9.59 Å². The number of carbonyl (C=O) groups excluding carboxylic acids is 1. The van der Waals surface area contributed by atoms with Gasteiger partial charge in [0.2, 0.25) is 0 Å². The van der Waals surface area contributed by atoms with Crippen molar-refractivity contribution in [1.82, 2.24) is 0 Å². The number of esters is 1. The summed E-state index contributed by atoms with van der Waals surface area (Å²) < 4.78 is 10.9. The fourth-order valence-electron chi connectivity index (χ4n) is 2.49. The Morgan fingerprint density at radius 2 is 1.63 bits per heavy atom. The van der Waals surface area contributed by atoms with E-state index in [9.17, 15) is 14.7 Å². The van der Waals surface area contributed by atoms with Gasteiger partial charge in [0.15, 0.2) is 5.92 Å². The molecular weight excluding hydrogens is 346 g/mol. The molecule has 0 radical (unpaired) electrons. The molecule has 0 spiro atoms. The molecule has 2 aromatic carbocycles. The molecule has 2 aromatic rings. The van der Waals surface area contributed by atoms with Crippen molar-refractivity contribution in [3.8, 4) is 5.75 Å². The summed E-state index contributed by atoms with van der Waals surface area (Å²) in [7, 11) is 0. The Kier molecular flexibility index (Phi) is 6.58. The van der Waals surface area contributed by atoms with Crippen molar-refractivity contribution in [2.24, 2.45) is 11.7 Å². The summed E-state index contributed by atoms with van der Waals surface area (Å²) in [6, 6.07) is 15.4. The molecule has 0 fully saturated rings. The molecule has 0 heterocycles. The number of carboxylic acids is 1. The first-order chi connectivity index (χ1) is 12.7. The Bertz CT molecular complexity index is 765. The molecule has 0 amide bonds. The second-order valence-corrected chi connectivity index (χ2v) is 7.22. The van der Waals surface area contributed by atoms with Gasteiger partial charge in [0.1, 0.15) is 18.0 Å². The van der Waals surface area contributed by atoms with Gasteiger partial charge in [-0.25, -0.2) is 0 Å². The minimum atomic E-state index is -1.49. The highest BCUT2D eigenvalue weighted by Crippen LogP contribution is 2.25. The Labute approximate surface area is 158 Å². The van der Waals surface area contributed by atoms with E-state index >= 15 is 0 Å². The van der Waals surface area contributed by atoms with Gasteiger partial charge in [0, 0.05) is 0 Å². The maximum atomic E-state index is 12.2. The molecule has 0 aliphatic heterocycles. The molecule has 0 bridgehead atoms. The van der Waals surface area contributed by atoms with E-state index in [1.165, 1.54) is 0 Å². The van der Waals surface area contributed by atoms with E-state index < -0.39 is 29.5 Å². The van der Waals surface area contributed by atoms with Gasteiger partial charge < -0.3 is 20.3 Å². The summed E-state index contributed by atoms with van der Waals surface area (Å²) in [5.41, 5.74) is 6.81. The van der Waals surface area contributed by atoms with Crippen LogP contribution in [0.5, 0.6) is 5.75 Å². The molecule has 144 valence electrons. The predicted molar refractivity (Wildman–Crippen MR) is 101 cm³/mol. The quantitative estimate of drug-likeness (QED) is 0.572. The topological polar surface area (TPSA) is 98.9 Å². The van der Waals surface area contributed by atoms with Gasteiger partial charge >= 0.3 is 11.9 Å². The Hall–Kier alpha value is -2.86.